The second-order valence-electron chi connectivity index (χ2n) is 6.09. The Labute approximate surface area is 123 Å². The van der Waals surface area contributed by atoms with Crippen molar-refractivity contribution in [2.24, 2.45) is 0 Å². The van der Waals surface area contributed by atoms with Crippen molar-refractivity contribution >= 4 is 5.69 Å². The Morgan fingerprint density at radius 2 is 2.05 bits per heavy atom. The zero-order valence-electron chi connectivity index (χ0n) is 13.0. The van der Waals surface area contributed by atoms with Crippen molar-refractivity contribution in [3.05, 3.63) is 24.3 Å². The van der Waals surface area contributed by atoms with E-state index >= 15 is 0 Å². The van der Waals surface area contributed by atoms with E-state index in [-0.39, 0.29) is 6.10 Å². The minimum Gasteiger partial charge on any atom is -0.489 e. The number of piperidine rings is 1. The highest BCUT2D eigenvalue weighted by atomic mass is 16.5. The molecule has 0 radical (unpaired) electrons. The Morgan fingerprint density at radius 3 is 2.75 bits per heavy atom. The second-order valence-corrected chi connectivity index (χ2v) is 6.09. The van der Waals surface area contributed by atoms with Crippen LogP contribution in [0.4, 0.5) is 5.69 Å². The molecule has 1 heterocycles. The molecule has 0 saturated carbocycles. The van der Waals surface area contributed by atoms with Crippen molar-refractivity contribution in [3.8, 4) is 5.75 Å². The molecule has 0 aromatic heterocycles. The molecule has 1 aromatic carbocycles. The van der Waals surface area contributed by atoms with Gasteiger partial charge in [0.05, 0.1) is 11.8 Å². The summed E-state index contributed by atoms with van der Waals surface area (Å²) in [4.78, 5) is 0. The van der Waals surface area contributed by atoms with Crippen LogP contribution in [0.15, 0.2) is 24.3 Å². The highest BCUT2D eigenvalue weighted by Gasteiger charge is 2.16. The zero-order chi connectivity index (χ0) is 14.4. The first-order chi connectivity index (χ1) is 9.65. The lowest BCUT2D eigenvalue weighted by Gasteiger charge is -2.27. The van der Waals surface area contributed by atoms with E-state index in [9.17, 15) is 0 Å². The second kappa shape index (κ2) is 7.53. The van der Waals surface area contributed by atoms with Crippen LogP contribution in [0.25, 0.3) is 0 Å². The van der Waals surface area contributed by atoms with Crippen molar-refractivity contribution in [2.75, 3.05) is 11.9 Å². The number of anilines is 1. The van der Waals surface area contributed by atoms with Crippen LogP contribution in [-0.4, -0.2) is 24.7 Å². The molecule has 0 amide bonds. The Kier molecular flexibility index (Phi) is 5.72. The molecule has 1 aromatic rings. The van der Waals surface area contributed by atoms with Gasteiger partial charge in [-0.2, -0.15) is 0 Å². The number of rotatable bonds is 6. The van der Waals surface area contributed by atoms with Crippen molar-refractivity contribution < 1.29 is 4.74 Å². The summed E-state index contributed by atoms with van der Waals surface area (Å²) in [6.07, 6.45) is 5.35. The maximum absolute atomic E-state index is 5.86. The molecule has 3 heteroatoms. The van der Waals surface area contributed by atoms with Crippen molar-refractivity contribution in [3.63, 3.8) is 0 Å². The van der Waals surface area contributed by atoms with Crippen molar-refractivity contribution in [1.82, 2.24) is 5.32 Å². The molecule has 1 fully saturated rings. The van der Waals surface area contributed by atoms with Gasteiger partial charge in [0.25, 0.3) is 0 Å². The van der Waals surface area contributed by atoms with Crippen molar-refractivity contribution in [1.29, 1.82) is 0 Å². The van der Waals surface area contributed by atoms with Gasteiger partial charge in [-0.1, -0.05) is 18.6 Å². The zero-order valence-corrected chi connectivity index (χ0v) is 13.0. The standard InChI is InChI=1S/C17H28N2O/c1-13(2)20-17-10-5-4-9-16(17)19-14(3)12-15-8-6-7-11-18-15/h4-5,9-10,13-15,18-19H,6-8,11-12H2,1-3H3. The molecule has 0 bridgehead atoms. The largest absolute Gasteiger partial charge is 0.489 e. The van der Waals surface area contributed by atoms with Gasteiger partial charge < -0.3 is 15.4 Å². The van der Waals surface area contributed by atoms with E-state index in [0.717, 1.165) is 17.9 Å². The summed E-state index contributed by atoms with van der Waals surface area (Å²) in [7, 11) is 0. The van der Waals surface area contributed by atoms with Crippen LogP contribution < -0.4 is 15.4 Å². The van der Waals surface area contributed by atoms with Gasteiger partial charge in [0, 0.05) is 12.1 Å². The minimum absolute atomic E-state index is 0.202. The first-order valence-corrected chi connectivity index (χ1v) is 7.90. The third kappa shape index (κ3) is 4.71. The van der Waals surface area contributed by atoms with E-state index in [1.54, 1.807) is 0 Å². The maximum Gasteiger partial charge on any atom is 0.142 e. The molecule has 0 aliphatic carbocycles. The van der Waals surface area contributed by atoms with E-state index in [1.165, 1.54) is 25.8 Å². The molecule has 2 unspecified atom stereocenters. The van der Waals surface area contributed by atoms with Crippen LogP contribution in [0.3, 0.4) is 0 Å². The molecule has 3 nitrogen and oxygen atoms in total. The summed E-state index contributed by atoms with van der Waals surface area (Å²) in [6.45, 7) is 7.55. The first-order valence-electron chi connectivity index (χ1n) is 7.90. The maximum atomic E-state index is 5.86. The van der Waals surface area contributed by atoms with Crippen LogP contribution >= 0.6 is 0 Å². The van der Waals surface area contributed by atoms with Crippen LogP contribution in [-0.2, 0) is 0 Å². The lowest BCUT2D eigenvalue weighted by Crippen LogP contribution is -2.37. The Morgan fingerprint density at radius 1 is 1.25 bits per heavy atom. The quantitative estimate of drug-likeness (QED) is 0.829. The van der Waals surface area contributed by atoms with Gasteiger partial charge in [-0.15, -0.1) is 0 Å². The third-order valence-corrected chi connectivity index (χ3v) is 3.70. The molecular formula is C17H28N2O. The Bertz CT molecular complexity index is 400. The smallest absolute Gasteiger partial charge is 0.142 e. The number of para-hydroxylation sites is 2. The van der Waals surface area contributed by atoms with Gasteiger partial charge in [0.2, 0.25) is 0 Å². The number of benzene rings is 1. The molecule has 1 aliphatic rings. The van der Waals surface area contributed by atoms with Gasteiger partial charge in [0.15, 0.2) is 0 Å². The Hall–Kier alpha value is -1.22. The van der Waals surface area contributed by atoms with E-state index in [1.807, 2.05) is 12.1 Å². The fourth-order valence-electron chi connectivity index (χ4n) is 2.82. The van der Waals surface area contributed by atoms with Gasteiger partial charge in [-0.05, 0) is 58.7 Å². The van der Waals surface area contributed by atoms with Gasteiger partial charge in [-0.25, -0.2) is 0 Å². The average Bonchev–Trinajstić information content (AvgIpc) is 2.41. The van der Waals surface area contributed by atoms with Crippen LogP contribution in [0.1, 0.15) is 46.5 Å². The predicted octanol–water partition coefficient (Wildman–Crippen LogP) is 3.81. The summed E-state index contributed by atoms with van der Waals surface area (Å²) < 4.78 is 5.86. The third-order valence-electron chi connectivity index (χ3n) is 3.70. The van der Waals surface area contributed by atoms with Gasteiger partial charge in [-0.3, -0.25) is 0 Å². The summed E-state index contributed by atoms with van der Waals surface area (Å²) >= 11 is 0. The molecule has 112 valence electrons. The highest BCUT2D eigenvalue weighted by Crippen LogP contribution is 2.26. The van der Waals surface area contributed by atoms with Gasteiger partial charge in [0.1, 0.15) is 5.75 Å². The van der Waals surface area contributed by atoms with E-state index < -0.39 is 0 Å². The molecule has 2 atom stereocenters. The van der Waals surface area contributed by atoms with Crippen molar-refractivity contribution in [2.45, 2.75) is 64.6 Å². The first kappa shape index (κ1) is 15.2. The predicted molar refractivity (Wildman–Crippen MR) is 85.5 cm³/mol. The van der Waals surface area contributed by atoms with Gasteiger partial charge >= 0.3 is 0 Å². The lowest BCUT2D eigenvalue weighted by atomic mass is 9.98. The molecule has 1 saturated heterocycles. The summed E-state index contributed by atoms with van der Waals surface area (Å²) in [5.74, 6) is 0.950. The minimum atomic E-state index is 0.202. The number of ether oxygens (including phenoxy) is 1. The Balaban J connectivity index is 1.91. The normalized spacial score (nSPS) is 20.7. The molecule has 20 heavy (non-hydrogen) atoms. The topological polar surface area (TPSA) is 33.3 Å². The summed E-state index contributed by atoms with van der Waals surface area (Å²) in [5, 5.41) is 7.21. The van der Waals surface area contributed by atoms with E-state index in [4.69, 9.17) is 4.74 Å². The van der Waals surface area contributed by atoms with E-state index in [2.05, 4.69) is 43.5 Å². The number of hydrogen-bond donors (Lipinski definition) is 2. The molecule has 1 aliphatic heterocycles. The SMILES string of the molecule is CC(CC1CCCCN1)Nc1ccccc1OC(C)C. The molecule has 2 rings (SSSR count). The summed E-state index contributed by atoms with van der Waals surface area (Å²) in [5.41, 5.74) is 1.10. The van der Waals surface area contributed by atoms with E-state index in [0.29, 0.717) is 12.1 Å². The van der Waals surface area contributed by atoms with Crippen LogP contribution in [0, 0.1) is 0 Å². The highest BCUT2D eigenvalue weighted by molar-refractivity contribution is 5.56. The summed E-state index contributed by atoms with van der Waals surface area (Å²) in [6, 6.07) is 9.32. The number of hydrogen-bond acceptors (Lipinski definition) is 3. The fraction of sp³-hybridized carbons (Fsp3) is 0.647. The van der Waals surface area contributed by atoms with Crippen LogP contribution in [0.5, 0.6) is 5.75 Å². The number of nitrogens with one attached hydrogen (secondary N) is 2. The molecular weight excluding hydrogens is 248 g/mol. The average molecular weight is 276 g/mol. The molecule has 2 N–H and O–H groups in total. The molecule has 0 spiro atoms. The lowest BCUT2D eigenvalue weighted by molar-refractivity contribution is 0.243. The van der Waals surface area contributed by atoms with Crippen LogP contribution in [0.2, 0.25) is 0 Å². The monoisotopic (exact) mass is 276 g/mol. The fourth-order valence-corrected chi connectivity index (χ4v) is 2.82.